The largest absolute Gasteiger partial charge is 0.464 e. The number of fused-ring (bicyclic) bond motifs is 1. The van der Waals surface area contributed by atoms with E-state index in [1.54, 1.807) is 4.90 Å². The van der Waals surface area contributed by atoms with E-state index in [4.69, 9.17) is 10.2 Å². The van der Waals surface area contributed by atoms with Crippen molar-refractivity contribution >= 4 is 22.7 Å². The van der Waals surface area contributed by atoms with Crippen molar-refractivity contribution in [3.8, 4) is 0 Å². The first-order chi connectivity index (χ1) is 13.1. The van der Waals surface area contributed by atoms with Crippen molar-refractivity contribution in [3.05, 3.63) is 42.2 Å². The predicted octanol–water partition coefficient (Wildman–Crippen LogP) is 4.87. The highest BCUT2D eigenvalue weighted by Gasteiger charge is 2.24. The lowest BCUT2D eigenvalue weighted by Gasteiger charge is -2.31. The number of benzene rings is 1. The van der Waals surface area contributed by atoms with Gasteiger partial charge in [0.1, 0.15) is 5.58 Å². The molecule has 146 valence electrons. The number of likely N-dealkylation sites (tertiary alicyclic amines) is 1. The third-order valence-electron chi connectivity index (χ3n) is 5.54. The highest BCUT2D eigenvalue weighted by molar-refractivity contribution is 5.94. The minimum Gasteiger partial charge on any atom is -0.464 e. The summed E-state index contributed by atoms with van der Waals surface area (Å²) < 4.78 is 5.81. The molecular formula is C22H31N3O2. The second-order valence-electron chi connectivity index (χ2n) is 7.36. The molecule has 5 nitrogen and oxygen atoms in total. The highest BCUT2D eigenvalue weighted by atomic mass is 16.3. The summed E-state index contributed by atoms with van der Waals surface area (Å²) in [4.78, 5) is 16.0. The van der Waals surface area contributed by atoms with Crippen LogP contribution in [0.5, 0.6) is 0 Å². The van der Waals surface area contributed by atoms with E-state index in [0.29, 0.717) is 12.5 Å². The summed E-state index contributed by atoms with van der Waals surface area (Å²) in [6.07, 6.45) is 10.6. The molecule has 2 aromatic rings. The van der Waals surface area contributed by atoms with Crippen molar-refractivity contribution in [2.24, 2.45) is 5.73 Å². The van der Waals surface area contributed by atoms with Gasteiger partial charge in [-0.05, 0) is 69.9 Å². The minimum atomic E-state index is -0.443. The average Bonchev–Trinajstić information content (AvgIpc) is 3.10. The van der Waals surface area contributed by atoms with Crippen LogP contribution in [0.25, 0.3) is 11.0 Å². The van der Waals surface area contributed by atoms with Gasteiger partial charge in [-0.2, -0.15) is 0 Å². The second kappa shape index (κ2) is 9.09. The zero-order chi connectivity index (χ0) is 19.2. The Balaban J connectivity index is 1.80. The number of primary amides is 1. The molecule has 1 saturated heterocycles. The molecule has 1 aliphatic heterocycles. The smallest absolute Gasteiger partial charge is 0.319 e. The fourth-order valence-electron chi connectivity index (χ4n) is 3.90. The van der Waals surface area contributed by atoms with E-state index >= 15 is 0 Å². The molecule has 2 heterocycles. The zero-order valence-electron chi connectivity index (χ0n) is 16.5. The Labute approximate surface area is 161 Å². The van der Waals surface area contributed by atoms with Gasteiger partial charge in [-0.25, -0.2) is 4.79 Å². The van der Waals surface area contributed by atoms with Gasteiger partial charge in [0.15, 0.2) is 0 Å². The highest BCUT2D eigenvalue weighted by Crippen LogP contribution is 2.36. The molecule has 0 aliphatic carbocycles. The minimum absolute atomic E-state index is 0.443. The van der Waals surface area contributed by atoms with Crippen LogP contribution in [0.3, 0.4) is 0 Å². The van der Waals surface area contributed by atoms with Crippen LogP contribution in [-0.2, 0) is 0 Å². The van der Waals surface area contributed by atoms with Gasteiger partial charge in [0.2, 0.25) is 0 Å². The quantitative estimate of drug-likeness (QED) is 0.708. The number of nitrogens with zero attached hydrogens (tertiary/aromatic N) is 2. The van der Waals surface area contributed by atoms with E-state index < -0.39 is 6.03 Å². The summed E-state index contributed by atoms with van der Waals surface area (Å²) in [7, 11) is 0. The van der Waals surface area contributed by atoms with Gasteiger partial charge in [-0.1, -0.05) is 25.5 Å². The SMILES string of the molecule is CC=CCN(C(N)=O)c1ccc2occ(C3CCN(CCCC)CC3)c2c1. The Morgan fingerprint density at radius 3 is 2.81 bits per heavy atom. The Morgan fingerprint density at radius 1 is 1.37 bits per heavy atom. The van der Waals surface area contributed by atoms with E-state index in [-0.39, 0.29) is 0 Å². The van der Waals surface area contributed by atoms with Gasteiger partial charge in [0.25, 0.3) is 0 Å². The van der Waals surface area contributed by atoms with Crippen LogP contribution in [0.2, 0.25) is 0 Å². The van der Waals surface area contributed by atoms with Crippen molar-refractivity contribution in [1.29, 1.82) is 0 Å². The standard InChI is InChI=1S/C22H31N3O2/c1-3-5-11-24-13-9-17(10-14-24)20-16-27-21-8-7-18(15-19(20)21)25(22(23)26)12-6-4-2/h4,6-8,15-17H,3,5,9-14H2,1-2H3,(H2,23,26). The lowest BCUT2D eigenvalue weighted by molar-refractivity contribution is 0.210. The van der Waals surface area contributed by atoms with Gasteiger partial charge >= 0.3 is 6.03 Å². The van der Waals surface area contributed by atoms with Crippen molar-refractivity contribution in [1.82, 2.24) is 4.90 Å². The number of carbonyl (C=O) groups excluding carboxylic acids is 1. The molecule has 0 spiro atoms. The summed E-state index contributed by atoms with van der Waals surface area (Å²) in [5, 5.41) is 1.10. The lowest BCUT2D eigenvalue weighted by atomic mass is 9.89. The zero-order valence-corrected chi connectivity index (χ0v) is 16.5. The number of anilines is 1. The van der Waals surface area contributed by atoms with Gasteiger partial charge in [0.05, 0.1) is 6.26 Å². The molecule has 5 heteroatoms. The lowest BCUT2D eigenvalue weighted by Crippen LogP contribution is -2.35. The fourth-order valence-corrected chi connectivity index (χ4v) is 3.90. The maximum absolute atomic E-state index is 11.9. The normalized spacial score (nSPS) is 16.4. The first-order valence-electron chi connectivity index (χ1n) is 10.1. The molecule has 0 unspecified atom stereocenters. The molecule has 0 saturated carbocycles. The molecule has 2 N–H and O–H groups in total. The number of hydrogen-bond acceptors (Lipinski definition) is 3. The Kier molecular flexibility index (Phi) is 6.56. The number of piperidine rings is 1. The first-order valence-corrected chi connectivity index (χ1v) is 10.1. The van der Waals surface area contributed by atoms with Crippen LogP contribution in [-0.4, -0.2) is 37.1 Å². The molecule has 2 amide bonds. The molecule has 1 aromatic heterocycles. The van der Waals surface area contributed by atoms with E-state index in [9.17, 15) is 4.79 Å². The van der Waals surface area contributed by atoms with Crippen molar-refractivity contribution in [2.45, 2.75) is 45.4 Å². The summed E-state index contributed by atoms with van der Waals surface area (Å²) in [6, 6.07) is 5.45. The summed E-state index contributed by atoms with van der Waals surface area (Å²) in [5.74, 6) is 0.511. The van der Waals surface area contributed by atoms with E-state index in [1.807, 2.05) is 43.5 Å². The van der Waals surface area contributed by atoms with Crippen LogP contribution in [0.4, 0.5) is 10.5 Å². The Bertz CT molecular complexity index is 788. The molecule has 1 aliphatic rings. The molecule has 27 heavy (non-hydrogen) atoms. The second-order valence-corrected chi connectivity index (χ2v) is 7.36. The summed E-state index contributed by atoms with van der Waals surface area (Å²) >= 11 is 0. The van der Waals surface area contributed by atoms with E-state index in [1.165, 1.54) is 24.9 Å². The van der Waals surface area contributed by atoms with Crippen LogP contribution in [0, 0.1) is 0 Å². The summed E-state index contributed by atoms with van der Waals surface area (Å²) in [5.41, 5.74) is 8.54. The van der Waals surface area contributed by atoms with Crippen LogP contribution >= 0.6 is 0 Å². The molecule has 0 bridgehead atoms. The molecular weight excluding hydrogens is 338 g/mol. The van der Waals surface area contributed by atoms with Crippen molar-refractivity contribution in [2.75, 3.05) is 31.1 Å². The summed E-state index contributed by atoms with van der Waals surface area (Å²) in [6.45, 7) is 8.15. The number of carbonyl (C=O) groups is 1. The van der Waals surface area contributed by atoms with Gasteiger partial charge in [-0.15, -0.1) is 0 Å². The number of furan rings is 1. The average molecular weight is 370 g/mol. The third-order valence-corrected chi connectivity index (χ3v) is 5.54. The monoisotopic (exact) mass is 369 g/mol. The van der Waals surface area contributed by atoms with Gasteiger partial charge in [-0.3, -0.25) is 4.90 Å². The number of unbranched alkanes of at least 4 members (excludes halogenated alkanes) is 1. The van der Waals surface area contributed by atoms with E-state index in [0.717, 1.165) is 42.6 Å². The maximum Gasteiger partial charge on any atom is 0.319 e. The number of hydrogen-bond donors (Lipinski definition) is 1. The Hall–Kier alpha value is -2.27. The van der Waals surface area contributed by atoms with E-state index in [2.05, 4.69) is 11.8 Å². The number of rotatable bonds is 7. The topological polar surface area (TPSA) is 62.7 Å². The van der Waals surface area contributed by atoms with Gasteiger partial charge < -0.3 is 15.1 Å². The number of urea groups is 1. The van der Waals surface area contributed by atoms with Crippen molar-refractivity contribution < 1.29 is 9.21 Å². The molecule has 3 rings (SSSR count). The number of amides is 2. The van der Waals surface area contributed by atoms with Crippen molar-refractivity contribution in [3.63, 3.8) is 0 Å². The molecule has 0 atom stereocenters. The number of allylic oxidation sites excluding steroid dienone is 1. The van der Waals surface area contributed by atoms with Crippen LogP contribution < -0.4 is 10.6 Å². The van der Waals surface area contributed by atoms with Gasteiger partial charge in [0, 0.05) is 23.2 Å². The Morgan fingerprint density at radius 2 is 2.15 bits per heavy atom. The maximum atomic E-state index is 11.9. The third kappa shape index (κ3) is 4.53. The van der Waals surface area contributed by atoms with Crippen LogP contribution in [0.1, 0.15) is 51.0 Å². The first kappa shape index (κ1) is 19.5. The molecule has 1 fully saturated rings. The fraction of sp³-hybridized carbons (Fsp3) is 0.500. The number of nitrogens with two attached hydrogens (primary N) is 1. The molecule has 1 aromatic carbocycles. The predicted molar refractivity (Wildman–Crippen MR) is 111 cm³/mol. The molecule has 0 radical (unpaired) electrons. The van der Waals surface area contributed by atoms with Crippen LogP contribution in [0.15, 0.2) is 41.0 Å².